The Morgan fingerprint density at radius 3 is 2.54 bits per heavy atom. The molecule has 0 radical (unpaired) electrons. The van der Waals surface area contributed by atoms with Crippen molar-refractivity contribution in [2.75, 3.05) is 50.0 Å². The quantitative estimate of drug-likeness (QED) is 0.210. The SMILES string of the molecule is CNc1cc(-c2cn(C3CN(C4CCN(C(=O)c5ccc(Cl)c(N6CCC(=O)NC6=O)c5)CC4)C3)c3ccccc23)nn2c(C(=O)N[C@@H]3CC3F)cnc12. The number of amides is 5. The van der Waals surface area contributed by atoms with E-state index < -0.39 is 24.2 Å². The largest absolute Gasteiger partial charge is 0.385 e. The van der Waals surface area contributed by atoms with Gasteiger partial charge in [0.05, 0.1) is 40.4 Å². The van der Waals surface area contributed by atoms with Crippen LogP contribution >= 0.6 is 11.6 Å². The molecule has 3 N–H and O–H groups in total. The first-order chi connectivity index (χ1) is 26.2. The highest BCUT2D eigenvalue weighted by atomic mass is 35.5. The number of anilines is 2. The van der Waals surface area contributed by atoms with Gasteiger partial charge in [0, 0.05) is 86.9 Å². The Balaban J connectivity index is 0.885. The van der Waals surface area contributed by atoms with Gasteiger partial charge < -0.3 is 20.1 Å². The summed E-state index contributed by atoms with van der Waals surface area (Å²) < 4.78 is 17.4. The third kappa shape index (κ3) is 6.00. The van der Waals surface area contributed by atoms with E-state index in [0.29, 0.717) is 58.9 Å². The molecule has 3 saturated heterocycles. The highest BCUT2D eigenvalue weighted by Crippen LogP contribution is 2.37. The van der Waals surface area contributed by atoms with Gasteiger partial charge in [-0.2, -0.15) is 5.10 Å². The van der Waals surface area contributed by atoms with Crippen molar-refractivity contribution in [3.05, 3.63) is 77.2 Å². The average molecular weight is 753 g/mol. The number of urea groups is 1. The third-order valence-electron chi connectivity index (χ3n) is 11.1. The number of likely N-dealkylation sites (tertiary alicyclic amines) is 2. The van der Waals surface area contributed by atoms with Crippen LogP contribution in [0.25, 0.3) is 27.8 Å². The van der Waals surface area contributed by atoms with Gasteiger partial charge in [0.1, 0.15) is 6.17 Å². The number of piperidine rings is 1. The number of fused-ring (bicyclic) bond motifs is 2. The highest BCUT2D eigenvalue weighted by Gasteiger charge is 2.40. The minimum absolute atomic E-state index is 0.110. The second-order valence-corrected chi connectivity index (χ2v) is 14.8. The summed E-state index contributed by atoms with van der Waals surface area (Å²) in [6.45, 7) is 3.17. The first kappa shape index (κ1) is 34.2. The van der Waals surface area contributed by atoms with E-state index in [1.807, 2.05) is 23.1 Å². The van der Waals surface area contributed by atoms with Crippen LogP contribution in [-0.2, 0) is 4.79 Å². The van der Waals surface area contributed by atoms with Crippen molar-refractivity contribution in [2.45, 2.75) is 50.0 Å². The molecular weight excluding hydrogens is 715 g/mol. The first-order valence-corrected chi connectivity index (χ1v) is 18.6. The van der Waals surface area contributed by atoms with E-state index >= 15 is 0 Å². The molecule has 3 aliphatic heterocycles. The van der Waals surface area contributed by atoms with Crippen LogP contribution in [0.5, 0.6) is 0 Å². The number of nitrogens with one attached hydrogen (secondary N) is 3. The number of imidazole rings is 1. The normalized spacial score (nSPS) is 21.0. The van der Waals surface area contributed by atoms with Crippen LogP contribution in [0.2, 0.25) is 5.02 Å². The van der Waals surface area contributed by atoms with Crippen LogP contribution in [0, 0.1) is 0 Å². The molecule has 14 nitrogen and oxygen atoms in total. The summed E-state index contributed by atoms with van der Waals surface area (Å²) in [6, 6.07) is 14.7. The number of nitrogens with zero attached hydrogens (tertiary/aromatic N) is 7. The van der Waals surface area contributed by atoms with Crippen LogP contribution in [0.4, 0.5) is 20.6 Å². The van der Waals surface area contributed by atoms with Crippen LogP contribution in [0.15, 0.2) is 60.9 Å². The van der Waals surface area contributed by atoms with Gasteiger partial charge in [-0.3, -0.25) is 29.5 Å². The van der Waals surface area contributed by atoms with Crippen molar-refractivity contribution < 1.29 is 23.6 Å². The number of carbonyl (C=O) groups excluding carboxylic acids is 4. The lowest BCUT2D eigenvalue weighted by Crippen LogP contribution is -2.56. The number of benzene rings is 2. The van der Waals surface area contributed by atoms with Crippen molar-refractivity contribution in [1.82, 2.24) is 39.6 Å². The van der Waals surface area contributed by atoms with Gasteiger partial charge in [0.25, 0.3) is 11.8 Å². The number of aromatic nitrogens is 4. The molecule has 1 unspecified atom stereocenters. The molecule has 3 aromatic heterocycles. The Hall–Kier alpha value is -5.54. The topological polar surface area (TPSA) is 149 Å². The second-order valence-electron chi connectivity index (χ2n) is 14.4. The molecule has 0 bridgehead atoms. The minimum atomic E-state index is -1.02. The van der Waals surface area contributed by atoms with Crippen LogP contribution < -0.4 is 20.9 Å². The van der Waals surface area contributed by atoms with Gasteiger partial charge in [-0.25, -0.2) is 18.7 Å². The summed E-state index contributed by atoms with van der Waals surface area (Å²) in [7, 11) is 1.80. The van der Waals surface area contributed by atoms with Crippen molar-refractivity contribution >= 4 is 63.3 Å². The summed E-state index contributed by atoms with van der Waals surface area (Å²) >= 11 is 6.41. The molecule has 16 heteroatoms. The van der Waals surface area contributed by atoms with Crippen molar-refractivity contribution in [3.63, 3.8) is 0 Å². The molecule has 278 valence electrons. The molecule has 4 fully saturated rings. The summed E-state index contributed by atoms with van der Waals surface area (Å²) in [5, 5.41) is 14.5. The zero-order valence-electron chi connectivity index (χ0n) is 29.5. The average Bonchev–Trinajstić information content (AvgIpc) is 3.50. The molecular formula is C38H38ClFN10O4. The highest BCUT2D eigenvalue weighted by molar-refractivity contribution is 6.34. The molecule has 2 aromatic carbocycles. The molecule has 9 rings (SSSR count). The zero-order chi connectivity index (χ0) is 37.2. The van der Waals surface area contributed by atoms with Crippen molar-refractivity contribution in [3.8, 4) is 11.3 Å². The number of imide groups is 1. The minimum Gasteiger partial charge on any atom is -0.385 e. The first-order valence-electron chi connectivity index (χ1n) is 18.2. The Bertz CT molecular complexity index is 2350. The van der Waals surface area contributed by atoms with Gasteiger partial charge in [-0.1, -0.05) is 29.8 Å². The van der Waals surface area contributed by atoms with Crippen LogP contribution in [0.1, 0.15) is 52.6 Å². The summed E-state index contributed by atoms with van der Waals surface area (Å²) in [6.07, 6.45) is 4.77. The molecule has 5 amide bonds. The van der Waals surface area contributed by atoms with Gasteiger partial charge in [-0.15, -0.1) is 0 Å². The maximum absolute atomic E-state index is 13.6. The maximum Gasteiger partial charge on any atom is 0.328 e. The summed E-state index contributed by atoms with van der Waals surface area (Å²) in [5.41, 5.74) is 5.03. The summed E-state index contributed by atoms with van der Waals surface area (Å²) in [4.78, 5) is 60.9. The van der Waals surface area contributed by atoms with E-state index in [1.165, 1.54) is 15.6 Å². The smallest absolute Gasteiger partial charge is 0.328 e. The zero-order valence-corrected chi connectivity index (χ0v) is 30.2. The predicted molar refractivity (Wildman–Crippen MR) is 201 cm³/mol. The van der Waals surface area contributed by atoms with Crippen LogP contribution in [-0.4, -0.2) is 111 Å². The maximum atomic E-state index is 13.6. The Morgan fingerprint density at radius 1 is 1.02 bits per heavy atom. The fourth-order valence-corrected chi connectivity index (χ4v) is 8.15. The van der Waals surface area contributed by atoms with E-state index in [-0.39, 0.29) is 36.5 Å². The monoisotopic (exact) mass is 752 g/mol. The molecule has 4 aliphatic rings. The fraction of sp³-hybridized carbons (Fsp3) is 0.368. The number of hydrogen-bond acceptors (Lipinski definition) is 8. The van der Waals surface area contributed by atoms with E-state index in [0.717, 1.165) is 42.4 Å². The van der Waals surface area contributed by atoms with Gasteiger partial charge in [-0.05, 0) is 43.2 Å². The number of carbonyl (C=O) groups is 4. The van der Waals surface area contributed by atoms with Crippen molar-refractivity contribution in [2.24, 2.45) is 0 Å². The Kier molecular flexibility index (Phi) is 8.49. The number of halogens is 2. The number of hydrogen-bond donors (Lipinski definition) is 3. The molecule has 2 atom stereocenters. The molecule has 6 heterocycles. The van der Waals surface area contributed by atoms with Crippen LogP contribution in [0.3, 0.4) is 0 Å². The van der Waals surface area contributed by atoms with E-state index in [1.54, 1.807) is 25.2 Å². The fourth-order valence-electron chi connectivity index (χ4n) is 7.93. The third-order valence-corrected chi connectivity index (χ3v) is 11.4. The lowest BCUT2D eigenvalue weighted by atomic mass is 9.96. The molecule has 1 aliphatic carbocycles. The molecule has 1 saturated carbocycles. The second kappa shape index (κ2) is 13.4. The molecule has 0 spiro atoms. The number of rotatable bonds is 8. The Morgan fingerprint density at radius 2 is 1.80 bits per heavy atom. The van der Waals surface area contributed by atoms with Gasteiger partial charge in [0.15, 0.2) is 11.3 Å². The lowest BCUT2D eigenvalue weighted by Gasteiger charge is -2.47. The van der Waals surface area contributed by atoms with E-state index in [9.17, 15) is 23.6 Å². The predicted octanol–water partition coefficient (Wildman–Crippen LogP) is 4.49. The van der Waals surface area contributed by atoms with Gasteiger partial charge >= 0.3 is 6.03 Å². The van der Waals surface area contributed by atoms with Crippen molar-refractivity contribution in [1.29, 1.82) is 0 Å². The van der Waals surface area contributed by atoms with Gasteiger partial charge in [0.2, 0.25) is 5.91 Å². The molecule has 54 heavy (non-hydrogen) atoms. The number of para-hydroxylation sites is 1. The standard InChI is InChI=1S/C38H38ClFN10O4/c1-41-30-16-28(45-50-33(17-42-35(30)50)36(52)43-29-15-27(29)40)25-20-49(31-5-3-2-4-24(25)31)23-18-47(19-23)22-8-11-46(12-9-22)37(53)21-6-7-26(39)32(14-21)48-13-10-34(51)44-38(48)54/h2-7,14,16-17,20,22-23,27,29,41H,8-13,15,18-19H2,1H3,(H,43,52)(H,44,51,54)/t27?,29-/m1/s1. The lowest BCUT2D eigenvalue weighted by molar-refractivity contribution is -0.120. The Labute approximate surface area is 314 Å². The van der Waals surface area contributed by atoms with E-state index in [2.05, 4.69) is 48.7 Å². The molecule has 5 aromatic rings. The number of alkyl halides is 1. The summed E-state index contributed by atoms with van der Waals surface area (Å²) in [5.74, 6) is -0.854. The van der Waals surface area contributed by atoms with E-state index in [4.69, 9.17) is 16.7 Å².